The van der Waals surface area contributed by atoms with Crippen LogP contribution >= 0.6 is 11.8 Å². The Labute approximate surface area is 133 Å². The number of rotatable bonds is 6. The Morgan fingerprint density at radius 3 is 2.32 bits per heavy atom. The zero-order valence-corrected chi connectivity index (χ0v) is 13.3. The van der Waals surface area contributed by atoms with E-state index < -0.39 is 5.92 Å². The molecular formula is C17H19FO3S. The summed E-state index contributed by atoms with van der Waals surface area (Å²) in [6, 6.07) is 6.26. The van der Waals surface area contributed by atoms with Crippen LogP contribution in [0.1, 0.15) is 32.6 Å². The molecule has 3 nitrogen and oxygen atoms in total. The van der Waals surface area contributed by atoms with Crippen molar-refractivity contribution in [2.75, 3.05) is 5.75 Å². The molecule has 0 bridgehead atoms. The van der Waals surface area contributed by atoms with Crippen molar-refractivity contribution in [3.8, 4) is 0 Å². The number of Topliss-reactive ketones (excluding diaryl/α,β-unsaturated/α-hetero) is 3. The molecule has 0 aromatic heterocycles. The van der Waals surface area contributed by atoms with Crippen molar-refractivity contribution in [3.05, 3.63) is 30.1 Å². The summed E-state index contributed by atoms with van der Waals surface area (Å²) in [5.41, 5.74) is 0. The minimum atomic E-state index is -1.01. The Kier molecular flexibility index (Phi) is 5.89. The molecule has 0 radical (unpaired) electrons. The van der Waals surface area contributed by atoms with Gasteiger partial charge in [-0.3, -0.25) is 14.4 Å². The second-order valence-corrected chi connectivity index (χ2v) is 6.72. The largest absolute Gasteiger partial charge is 0.298 e. The molecule has 0 saturated heterocycles. The number of carbonyl (C=O) groups excluding carboxylic acids is 3. The zero-order chi connectivity index (χ0) is 16.1. The van der Waals surface area contributed by atoms with Crippen molar-refractivity contribution < 1.29 is 18.8 Å². The standard InChI is InChI=1S/C17H19FO3S/c1-2-14(19)17-15(20)9-11(10-16(17)21)7-8-22-13-5-3-12(18)4-6-13/h3-6,11,17H,2,7-10H2,1H3. The van der Waals surface area contributed by atoms with E-state index in [2.05, 4.69) is 0 Å². The van der Waals surface area contributed by atoms with Crippen LogP contribution in [0.4, 0.5) is 4.39 Å². The fourth-order valence-electron chi connectivity index (χ4n) is 2.70. The van der Waals surface area contributed by atoms with Crippen molar-refractivity contribution in [2.45, 2.75) is 37.5 Å². The SMILES string of the molecule is CCC(=O)C1C(=O)CC(CCSc2ccc(F)cc2)CC1=O. The third kappa shape index (κ3) is 4.26. The van der Waals surface area contributed by atoms with Crippen molar-refractivity contribution >= 4 is 29.1 Å². The van der Waals surface area contributed by atoms with Crippen LogP contribution in [0.15, 0.2) is 29.2 Å². The molecule has 0 aliphatic heterocycles. The van der Waals surface area contributed by atoms with Gasteiger partial charge in [0.25, 0.3) is 0 Å². The zero-order valence-electron chi connectivity index (χ0n) is 12.5. The Hall–Kier alpha value is -1.49. The van der Waals surface area contributed by atoms with E-state index in [4.69, 9.17) is 0 Å². The monoisotopic (exact) mass is 322 g/mol. The lowest BCUT2D eigenvalue weighted by atomic mass is 9.76. The maximum Gasteiger partial charge on any atom is 0.151 e. The van der Waals surface area contributed by atoms with Gasteiger partial charge < -0.3 is 0 Å². The minimum Gasteiger partial charge on any atom is -0.298 e. The first kappa shape index (κ1) is 16.9. The van der Waals surface area contributed by atoms with E-state index in [1.165, 1.54) is 12.1 Å². The quantitative estimate of drug-likeness (QED) is 0.594. The minimum absolute atomic E-state index is 0.0221. The number of hydrogen-bond donors (Lipinski definition) is 0. The van der Waals surface area contributed by atoms with Crippen LogP contribution in [-0.4, -0.2) is 23.1 Å². The lowest BCUT2D eigenvalue weighted by Gasteiger charge is -2.25. The summed E-state index contributed by atoms with van der Waals surface area (Å²) < 4.78 is 12.8. The van der Waals surface area contributed by atoms with E-state index in [0.717, 1.165) is 17.1 Å². The van der Waals surface area contributed by atoms with Crippen LogP contribution in [0.3, 0.4) is 0 Å². The summed E-state index contributed by atoms with van der Waals surface area (Å²) in [5.74, 6) is -1.18. The Balaban J connectivity index is 1.83. The maximum atomic E-state index is 12.8. The number of halogens is 1. The van der Waals surface area contributed by atoms with Gasteiger partial charge in [0.2, 0.25) is 0 Å². The van der Waals surface area contributed by atoms with Gasteiger partial charge in [-0.05, 0) is 42.4 Å². The summed E-state index contributed by atoms with van der Waals surface area (Å²) in [6.45, 7) is 1.67. The second kappa shape index (κ2) is 7.68. The Morgan fingerprint density at radius 2 is 1.77 bits per heavy atom. The lowest BCUT2D eigenvalue weighted by Crippen LogP contribution is -2.38. The van der Waals surface area contributed by atoms with E-state index in [-0.39, 0.29) is 35.5 Å². The van der Waals surface area contributed by atoms with Crippen LogP contribution in [0.5, 0.6) is 0 Å². The molecule has 1 fully saturated rings. The molecule has 22 heavy (non-hydrogen) atoms. The Bertz CT molecular complexity index is 550. The first-order valence-electron chi connectivity index (χ1n) is 7.47. The number of hydrogen-bond acceptors (Lipinski definition) is 4. The van der Waals surface area contributed by atoms with E-state index >= 15 is 0 Å². The number of thioether (sulfide) groups is 1. The molecule has 1 aliphatic rings. The first-order chi connectivity index (χ1) is 10.5. The first-order valence-corrected chi connectivity index (χ1v) is 8.46. The number of carbonyl (C=O) groups is 3. The van der Waals surface area contributed by atoms with Crippen LogP contribution in [-0.2, 0) is 14.4 Å². The molecule has 0 amide bonds. The topological polar surface area (TPSA) is 51.2 Å². The van der Waals surface area contributed by atoms with Crippen LogP contribution in [0.2, 0.25) is 0 Å². The summed E-state index contributed by atoms with van der Waals surface area (Å²) in [6.07, 6.45) is 1.60. The van der Waals surface area contributed by atoms with Gasteiger partial charge in [-0.1, -0.05) is 6.92 Å². The average Bonchev–Trinajstić information content (AvgIpc) is 2.48. The van der Waals surface area contributed by atoms with Gasteiger partial charge in [0, 0.05) is 24.2 Å². The fraction of sp³-hybridized carbons (Fsp3) is 0.471. The molecule has 1 aromatic carbocycles. The number of benzene rings is 1. The molecule has 1 saturated carbocycles. The van der Waals surface area contributed by atoms with Crippen molar-refractivity contribution in [2.24, 2.45) is 11.8 Å². The third-order valence-corrected chi connectivity index (χ3v) is 4.95. The van der Waals surface area contributed by atoms with Gasteiger partial charge in [0.05, 0.1) is 0 Å². The molecule has 0 N–H and O–H groups in total. The molecule has 118 valence electrons. The molecule has 0 atom stereocenters. The van der Waals surface area contributed by atoms with E-state index in [1.54, 1.807) is 30.8 Å². The van der Waals surface area contributed by atoms with Gasteiger partial charge in [0.1, 0.15) is 11.7 Å². The highest BCUT2D eigenvalue weighted by atomic mass is 32.2. The van der Waals surface area contributed by atoms with Crippen molar-refractivity contribution in [3.63, 3.8) is 0 Å². The highest BCUT2D eigenvalue weighted by molar-refractivity contribution is 7.99. The summed E-state index contributed by atoms with van der Waals surface area (Å²) in [4.78, 5) is 36.6. The van der Waals surface area contributed by atoms with E-state index in [0.29, 0.717) is 12.8 Å². The van der Waals surface area contributed by atoms with Crippen LogP contribution in [0, 0.1) is 17.7 Å². The molecule has 1 aromatic rings. The highest BCUT2D eigenvalue weighted by Gasteiger charge is 2.38. The van der Waals surface area contributed by atoms with E-state index in [1.807, 2.05) is 0 Å². The van der Waals surface area contributed by atoms with Gasteiger partial charge in [-0.15, -0.1) is 11.8 Å². The maximum absolute atomic E-state index is 12.8. The summed E-state index contributed by atoms with van der Waals surface area (Å²) in [7, 11) is 0. The smallest absolute Gasteiger partial charge is 0.151 e. The third-order valence-electron chi connectivity index (χ3n) is 3.90. The predicted octanol–water partition coefficient (Wildman–Crippen LogP) is 3.45. The molecule has 5 heteroatoms. The normalized spacial score (nSPS) is 21.9. The molecule has 2 rings (SSSR count). The lowest BCUT2D eigenvalue weighted by molar-refractivity contribution is -0.143. The molecule has 0 heterocycles. The van der Waals surface area contributed by atoms with E-state index in [9.17, 15) is 18.8 Å². The van der Waals surface area contributed by atoms with Crippen LogP contribution in [0.25, 0.3) is 0 Å². The molecule has 1 aliphatic carbocycles. The predicted molar refractivity (Wildman–Crippen MR) is 83.3 cm³/mol. The van der Waals surface area contributed by atoms with Crippen molar-refractivity contribution in [1.29, 1.82) is 0 Å². The molecule has 0 unspecified atom stereocenters. The fourth-order valence-corrected chi connectivity index (χ4v) is 3.71. The average molecular weight is 322 g/mol. The van der Waals surface area contributed by atoms with Crippen molar-refractivity contribution in [1.82, 2.24) is 0 Å². The van der Waals surface area contributed by atoms with Gasteiger partial charge in [0.15, 0.2) is 17.3 Å². The van der Waals surface area contributed by atoms with Crippen LogP contribution < -0.4 is 0 Å². The second-order valence-electron chi connectivity index (χ2n) is 5.55. The molecular weight excluding hydrogens is 303 g/mol. The molecule has 0 spiro atoms. The van der Waals surface area contributed by atoms with Gasteiger partial charge in [-0.25, -0.2) is 4.39 Å². The van der Waals surface area contributed by atoms with Gasteiger partial charge in [-0.2, -0.15) is 0 Å². The number of ketones is 3. The Morgan fingerprint density at radius 1 is 1.18 bits per heavy atom. The summed E-state index contributed by atoms with van der Waals surface area (Å²) in [5, 5.41) is 0. The highest BCUT2D eigenvalue weighted by Crippen LogP contribution is 2.29. The van der Waals surface area contributed by atoms with Gasteiger partial charge >= 0.3 is 0 Å². The summed E-state index contributed by atoms with van der Waals surface area (Å²) >= 11 is 1.58.